The van der Waals surface area contributed by atoms with Gasteiger partial charge < -0.3 is 10.1 Å². The van der Waals surface area contributed by atoms with E-state index in [1.165, 1.54) is 31.7 Å². The second-order valence-corrected chi connectivity index (χ2v) is 6.43. The maximum atomic E-state index is 13.1. The number of benzene rings is 1. The first-order valence-corrected chi connectivity index (χ1v) is 7.84. The molecule has 4 heteroatoms. The SMILES string of the molecule is Fc1ccc(OCCNC(C2CC2)C2CC2)cc1Br. The molecular formula is C15H19BrFNO. The minimum absolute atomic E-state index is 0.256. The van der Waals surface area contributed by atoms with Gasteiger partial charge in [-0.25, -0.2) is 4.39 Å². The molecular weight excluding hydrogens is 309 g/mol. The van der Waals surface area contributed by atoms with Crippen LogP contribution in [-0.4, -0.2) is 19.2 Å². The second kappa shape index (κ2) is 5.80. The summed E-state index contributed by atoms with van der Waals surface area (Å²) in [5.41, 5.74) is 0. The Kier molecular flexibility index (Phi) is 4.08. The normalized spacial score (nSPS) is 18.9. The third-order valence-electron chi connectivity index (χ3n) is 3.90. The van der Waals surface area contributed by atoms with E-state index in [4.69, 9.17) is 4.74 Å². The Morgan fingerprint density at radius 2 is 1.95 bits per heavy atom. The average Bonchev–Trinajstić information content (AvgIpc) is 3.27. The summed E-state index contributed by atoms with van der Waals surface area (Å²) in [5.74, 6) is 2.28. The summed E-state index contributed by atoms with van der Waals surface area (Å²) in [7, 11) is 0. The Labute approximate surface area is 121 Å². The van der Waals surface area contributed by atoms with Crippen LogP contribution < -0.4 is 10.1 Å². The van der Waals surface area contributed by atoms with Crippen LogP contribution in [0, 0.1) is 17.7 Å². The van der Waals surface area contributed by atoms with Crippen molar-refractivity contribution in [2.24, 2.45) is 11.8 Å². The summed E-state index contributed by atoms with van der Waals surface area (Å²) in [6.45, 7) is 1.50. The van der Waals surface area contributed by atoms with E-state index in [1.807, 2.05) is 0 Å². The van der Waals surface area contributed by atoms with Gasteiger partial charge >= 0.3 is 0 Å². The molecule has 0 aromatic heterocycles. The smallest absolute Gasteiger partial charge is 0.137 e. The quantitative estimate of drug-likeness (QED) is 0.770. The highest BCUT2D eigenvalue weighted by Gasteiger charge is 2.40. The monoisotopic (exact) mass is 327 g/mol. The molecule has 104 valence electrons. The van der Waals surface area contributed by atoms with Crippen LogP contribution in [0.3, 0.4) is 0 Å². The summed E-state index contributed by atoms with van der Waals surface area (Å²) in [4.78, 5) is 0. The van der Waals surface area contributed by atoms with Crippen LogP contribution in [0.15, 0.2) is 22.7 Å². The molecule has 0 atom stereocenters. The number of hydrogen-bond donors (Lipinski definition) is 1. The molecule has 0 radical (unpaired) electrons. The second-order valence-electron chi connectivity index (χ2n) is 5.58. The van der Waals surface area contributed by atoms with Crippen molar-refractivity contribution in [3.63, 3.8) is 0 Å². The number of ether oxygens (including phenoxy) is 1. The van der Waals surface area contributed by atoms with E-state index >= 15 is 0 Å². The molecule has 2 fully saturated rings. The molecule has 2 aliphatic carbocycles. The Bertz CT molecular complexity index is 434. The summed E-state index contributed by atoms with van der Waals surface area (Å²) in [5, 5.41) is 3.63. The zero-order valence-electron chi connectivity index (χ0n) is 10.9. The Morgan fingerprint density at radius 3 is 2.53 bits per heavy atom. The lowest BCUT2D eigenvalue weighted by Gasteiger charge is -2.17. The van der Waals surface area contributed by atoms with Crippen LogP contribution in [0.25, 0.3) is 0 Å². The lowest BCUT2D eigenvalue weighted by molar-refractivity contribution is 0.293. The number of nitrogens with one attached hydrogen (secondary N) is 1. The van der Waals surface area contributed by atoms with Crippen LogP contribution in [0.1, 0.15) is 25.7 Å². The van der Waals surface area contributed by atoms with Crippen molar-refractivity contribution in [3.8, 4) is 5.75 Å². The van der Waals surface area contributed by atoms with Crippen LogP contribution in [0.4, 0.5) is 4.39 Å². The van der Waals surface area contributed by atoms with Crippen LogP contribution in [-0.2, 0) is 0 Å². The molecule has 1 aromatic rings. The molecule has 1 N–H and O–H groups in total. The number of rotatable bonds is 7. The molecule has 0 spiro atoms. The Balaban J connectivity index is 1.41. The zero-order chi connectivity index (χ0) is 13.2. The first-order valence-electron chi connectivity index (χ1n) is 7.05. The van der Waals surface area contributed by atoms with E-state index in [2.05, 4.69) is 21.2 Å². The third kappa shape index (κ3) is 3.69. The number of halogens is 2. The lowest BCUT2D eigenvalue weighted by Crippen LogP contribution is -2.36. The summed E-state index contributed by atoms with van der Waals surface area (Å²) in [6, 6.07) is 5.47. The largest absolute Gasteiger partial charge is 0.492 e. The van der Waals surface area contributed by atoms with Crippen molar-refractivity contribution >= 4 is 15.9 Å². The zero-order valence-corrected chi connectivity index (χ0v) is 12.5. The van der Waals surface area contributed by atoms with Gasteiger partial charge in [-0.05, 0) is 71.6 Å². The van der Waals surface area contributed by atoms with Gasteiger partial charge in [0.1, 0.15) is 18.2 Å². The van der Waals surface area contributed by atoms with Gasteiger partial charge in [0.25, 0.3) is 0 Å². The summed E-state index contributed by atoms with van der Waals surface area (Å²) in [6.07, 6.45) is 5.56. The van der Waals surface area contributed by atoms with E-state index in [1.54, 1.807) is 12.1 Å². The molecule has 3 rings (SSSR count). The van der Waals surface area contributed by atoms with Crippen molar-refractivity contribution in [1.29, 1.82) is 0 Å². The van der Waals surface area contributed by atoms with Gasteiger partial charge in [0.15, 0.2) is 0 Å². The standard InChI is InChI=1S/C15H19BrFNO/c16-13-9-12(5-6-14(13)17)19-8-7-18-15(10-1-2-10)11-3-4-11/h5-6,9-11,15,18H,1-4,7-8H2. The molecule has 0 unspecified atom stereocenters. The predicted molar refractivity (Wildman–Crippen MR) is 76.8 cm³/mol. The maximum absolute atomic E-state index is 13.1. The van der Waals surface area contributed by atoms with Gasteiger partial charge in [0.05, 0.1) is 4.47 Å². The topological polar surface area (TPSA) is 21.3 Å². The summed E-state index contributed by atoms with van der Waals surface area (Å²) >= 11 is 3.16. The van der Waals surface area contributed by atoms with Gasteiger partial charge in [0, 0.05) is 12.6 Å². The van der Waals surface area contributed by atoms with Crippen molar-refractivity contribution in [2.75, 3.05) is 13.2 Å². The molecule has 0 bridgehead atoms. The average molecular weight is 328 g/mol. The molecule has 0 heterocycles. The fourth-order valence-corrected chi connectivity index (χ4v) is 2.95. The highest BCUT2D eigenvalue weighted by molar-refractivity contribution is 9.10. The van der Waals surface area contributed by atoms with Crippen molar-refractivity contribution < 1.29 is 9.13 Å². The van der Waals surface area contributed by atoms with Crippen LogP contribution >= 0.6 is 15.9 Å². The van der Waals surface area contributed by atoms with Gasteiger partial charge in [0.2, 0.25) is 0 Å². The Morgan fingerprint density at radius 1 is 1.26 bits per heavy atom. The predicted octanol–water partition coefficient (Wildman–Crippen LogP) is 3.75. The molecule has 0 aliphatic heterocycles. The molecule has 0 amide bonds. The fraction of sp³-hybridized carbons (Fsp3) is 0.600. The first-order chi connectivity index (χ1) is 9.24. The van der Waals surface area contributed by atoms with Crippen LogP contribution in [0.2, 0.25) is 0 Å². The van der Waals surface area contributed by atoms with Gasteiger partial charge in [-0.2, -0.15) is 0 Å². The minimum Gasteiger partial charge on any atom is -0.492 e. The van der Waals surface area contributed by atoms with Gasteiger partial charge in [-0.1, -0.05) is 0 Å². The van der Waals surface area contributed by atoms with E-state index < -0.39 is 0 Å². The maximum Gasteiger partial charge on any atom is 0.137 e. The fourth-order valence-electron chi connectivity index (χ4n) is 2.59. The highest BCUT2D eigenvalue weighted by atomic mass is 79.9. The van der Waals surface area contributed by atoms with E-state index in [0.29, 0.717) is 22.9 Å². The van der Waals surface area contributed by atoms with Crippen molar-refractivity contribution in [2.45, 2.75) is 31.7 Å². The molecule has 19 heavy (non-hydrogen) atoms. The molecule has 0 saturated heterocycles. The van der Waals surface area contributed by atoms with Crippen LogP contribution in [0.5, 0.6) is 5.75 Å². The number of hydrogen-bond acceptors (Lipinski definition) is 2. The van der Waals surface area contributed by atoms with E-state index in [-0.39, 0.29) is 5.82 Å². The van der Waals surface area contributed by atoms with Crippen molar-refractivity contribution in [1.82, 2.24) is 5.32 Å². The summed E-state index contributed by atoms with van der Waals surface area (Å²) < 4.78 is 19.2. The molecule has 2 aliphatic rings. The van der Waals surface area contributed by atoms with Gasteiger partial charge in [-0.15, -0.1) is 0 Å². The van der Waals surface area contributed by atoms with Gasteiger partial charge in [-0.3, -0.25) is 0 Å². The molecule has 2 saturated carbocycles. The van der Waals surface area contributed by atoms with E-state index in [0.717, 1.165) is 18.4 Å². The molecule has 2 nitrogen and oxygen atoms in total. The van der Waals surface area contributed by atoms with E-state index in [9.17, 15) is 4.39 Å². The third-order valence-corrected chi connectivity index (χ3v) is 4.51. The van der Waals surface area contributed by atoms with Crippen molar-refractivity contribution in [3.05, 3.63) is 28.5 Å². The first kappa shape index (κ1) is 13.4. The lowest BCUT2D eigenvalue weighted by atomic mass is 10.1. The minimum atomic E-state index is -0.256. The molecule has 1 aromatic carbocycles. The Hall–Kier alpha value is -0.610. The highest BCUT2D eigenvalue weighted by Crippen LogP contribution is 2.44.